The van der Waals surface area contributed by atoms with Crippen molar-refractivity contribution in [3.8, 4) is 5.75 Å². The van der Waals surface area contributed by atoms with E-state index >= 15 is 0 Å². The summed E-state index contributed by atoms with van der Waals surface area (Å²) < 4.78 is 28.8. The quantitative estimate of drug-likeness (QED) is 0.847. The molecule has 1 saturated carbocycles. The first-order valence-electron chi connectivity index (χ1n) is 8.19. The Kier molecular flexibility index (Phi) is 6.80. The van der Waals surface area contributed by atoms with Crippen molar-refractivity contribution in [1.82, 2.24) is 10.6 Å². The molecule has 3 atom stereocenters. The molecule has 2 aliphatic rings. The molecule has 3 rings (SSSR count). The highest BCUT2D eigenvalue weighted by molar-refractivity contribution is 5.85. The topological polar surface area (TPSA) is 50.4 Å². The summed E-state index contributed by atoms with van der Waals surface area (Å²) in [6.45, 7) is -2.53. The molecule has 2 N–H and O–H groups in total. The van der Waals surface area contributed by atoms with Crippen molar-refractivity contribution in [3.63, 3.8) is 0 Å². The highest BCUT2D eigenvalue weighted by atomic mass is 35.5. The second-order valence-corrected chi connectivity index (χ2v) is 6.35. The van der Waals surface area contributed by atoms with Gasteiger partial charge >= 0.3 is 6.61 Å². The minimum Gasteiger partial charge on any atom is -0.435 e. The molecule has 134 valence electrons. The molecule has 1 aromatic rings. The summed E-state index contributed by atoms with van der Waals surface area (Å²) in [5.41, 5.74) is 0.743. The number of carbonyl (C=O) groups is 1. The lowest BCUT2D eigenvalue weighted by Gasteiger charge is -2.24. The summed E-state index contributed by atoms with van der Waals surface area (Å²) in [6, 6.07) is 6.75. The number of halogens is 3. The predicted octanol–water partition coefficient (Wildman–Crippen LogP) is 3.25. The van der Waals surface area contributed by atoms with Crippen molar-refractivity contribution < 1.29 is 18.3 Å². The van der Waals surface area contributed by atoms with Gasteiger partial charge in [-0.05, 0) is 42.9 Å². The van der Waals surface area contributed by atoms with Crippen LogP contribution in [0.3, 0.4) is 0 Å². The van der Waals surface area contributed by atoms with Gasteiger partial charge in [0.05, 0.1) is 6.04 Å². The van der Waals surface area contributed by atoms with Gasteiger partial charge < -0.3 is 15.4 Å². The molecule has 1 aromatic carbocycles. The van der Waals surface area contributed by atoms with Crippen molar-refractivity contribution in [2.45, 2.75) is 57.3 Å². The fraction of sp³-hybridized carbons (Fsp3) is 0.588. The summed E-state index contributed by atoms with van der Waals surface area (Å²) in [7, 11) is 0. The maximum atomic E-state index is 12.3. The third-order valence-electron chi connectivity index (χ3n) is 4.77. The highest BCUT2D eigenvalue weighted by Crippen LogP contribution is 2.33. The monoisotopic (exact) mass is 360 g/mol. The van der Waals surface area contributed by atoms with Gasteiger partial charge in [0.25, 0.3) is 0 Å². The molecule has 0 spiro atoms. The molecular weight excluding hydrogens is 338 g/mol. The Labute approximate surface area is 146 Å². The Bertz CT molecular complexity index is 545. The molecule has 2 fully saturated rings. The largest absolute Gasteiger partial charge is 0.435 e. The van der Waals surface area contributed by atoms with E-state index in [2.05, 4.69) is 15.4 Å². The predicted molar refractivity (Wildman–Crippen MR) is 89.5 cm³/mol. The van der Waals surface area contributed by atoms with E-state index in [1.807, 2.05) is 0 Å². The van der Waals surface area contributed by atoms with Gasteiger partial charge in [0.15, 0.2) is 0 Å². The van der Waals surface area contributed by atoms with Gasteiger partial charge in [-0.25, -0.2) is 0 Å². The lowest BCUT2D eigenvalue weighted by Crippen LogP contribution is -2.42. The standard InChI is InChI=1S/C17H22F2N2O2.ClH/c18-17(19)23-13-6-3-4-11(8-13)10-20-16(22)15-9-12-5-1-2-7-14(12)21-15;/h3-4,6,8,12,14-15,17,21H,1-2,5,7,9-10H2,(H,20,22);1H. The SMILES string of the molecule is Cl.O=C(NCc1cccc(OC(F)F)c1)C1CC2CCCCC2N1. The molecule has 0 aromatic heterocycles. The number of hydrogen-bond acceptors (Lipinski definition) is 3. The van der Waals surface area contributed by atoms with Gasteiger partial charge in [0.1, 0.15) is 5.75 Å². The number of rotatable bonds is 5. The van der Waals surface area contributed by atoms with Gasteiger partial charge in [-0.2, -0.15) is 8.78 Å². The molecule has 3 unspecified atom stereocenters. The second kappa shape index (κ2) is 8.62. The average molecular weight is 361 g/mol. The number of ether oxygens (including phenoxy) is 1. The third kappa shape index (κ3) is 4.80. The number of fused-ring (bicyclic) bond motifs is 1. The van der Waals surface area contributed by atoms with Crippen LogP contribution in [-0.2, 0) is 11.3 Å². The van der Waals surface area contributed by atoms with E-state index in [1.165, 1.54) is 31.4 Å². The van der Waals surface area contributed by atoms with Crippen LogP contribution < -0.4 is 15.4 Å². The Morgan fingerprint density at radius 2 is 2.12 bits per heavy atom. The van der Waals surface area contributed by atoms with Crippen molar-refractivity contribution in [2.24, 2.45) is 5.92 Å². The van der Waals surface area contributed by atoms with E-state index in [0.29, 0.717) is 18.5 Å². The first-order valence-corrected chi connectivity index (χ1v) is 8.19. The van der Waals surface area contributed by atoms with E-state index in [-0.39, 0.29) is 30.1 Å². The molecule has 0 bridgehead atoms. The van der Waals surface area contributed by atoms with Crippen LogP contribution in [0.1, 0.15) is 37.7 Å². The fourth-order valence-electron chi connectivity index (χ4n) is 3.67. The minimum atomic E-state index is -2.84. The van der Waals surface area contributed by atoms with Crippen LogP contribution in [0.2, 0.25) is 0 Å². The number of amides is 1. The molecular formula is C17H23ClF2N2O2. The first kappa shape index (κ1) is 18.9. The van der Waals surface area contributed by atoms with Gasteiger partial charge in [0.2, 0.25) is 5.91 Å². The molecule has 1 heterocycles. The lowest BCUT2D eigenvalue weighted by atomic mass is 9.85. The first-order chi connectivity index (χ1) is 11.1. The molecule has 1 aliphatic heterocycles. The summed E-state index contributed by atoms with van der Waals surface area (Å²) in [5, 5.41) is 6.32. The molecule has 1 aliphatic carbocycles. The van der Waals surface area contributed by atoms with Crippen molar-refractivity contribution in [2.75, 3.05) is 0 Å². The summed E-state index contributed by atoms with van der Waals surface area (Å²) >= 11 is 0. The molecule has 4 nitrogen and oxygen atoms in total. The zero-order valence-corrected chi connectivity index (χ0v) is 14.2. The smallest absolute Gasteiger partial charge is 0.387 e. The molecule has 7 heteroatoms. The van der Waals surface area contributed by atoms with Gasteiger partial charge in [-0.3, -0.25) is 4.79 Å². The van der Waals surface area contributed by atoms with Crippen molar-refractivity contribution >= 4 is 18.3 Å². The van der Waals surface area contributed by atoms with E-state index in [9.17, 15) is 13.6 Å². The van der Waals surface area contributed by atoms with Crippen molar-refractivity contribution in [1.29, 1.82) is 0 Å². The number of alkyl halides is 2. The second-order valence-electron chi connectivity index (χ2n) is 6.35. The number of nitrogens with one attached hydrogen (secondary N) is 2. The number of hydrogen-bond donors (Lipinski definition) is 2. The Hall–Kier alpha value is -1.40. The molecule has 0 radical (unpaired) electrons. The maximum Gasteiger partial charge on any atom is 0.387 e. The Morgan fingerprint density at radius 3 is 2.88 bits per heavy atom. The van der Waals surface area contributed by atoms with Crippen LogP contribution in [-0.4, -0.2) is 24.6 Å². The van der Waals surface area contributed by atoms with Crippen LogP contribution in [0, 0.1) is 5.92 Å². The van der Waals surface area contributed by atoms with Gasteiger partial charge in [0, 0.05) is 12.6 Å². The third-order valence-corrected chi connectivity index (χ3v) is 4.77. The van der Waals surface area contributed by atoms with Gasteiger partial charge in [-0.1, -0.05) is 25.0 Å². The average Bonchev–Trinajstić information content (AvgIpc) is 2.96. The van der Waals surface area contributed by atoms with E-state index in [1.54, 1.807) is 12.1 Å². The summed E-state index contributed by atoms with van der Waals surface area (Å²) in [4.78, 5) is 12.3. The van der Waals surface area contributed by atoms with Crippen LogP contribution >= 0.6 is 12.4 Å². The van der Waals surface area contributed by atoms with E-state index < -0.39 is 6.61 Å². The minimum absolute atomic E-state index is 0. The van der Waals surface area contributed by atoms with Crippen molar-refractivity contribution in [3.05, 3.63) is 29.8 Å². The Morgan fingerprint density at radius 1 is 1.33 bits per heavy atom. The van der Waals surface area contributed by atoms with Crippen LogP contribution in [0.15, 0.2) is 24.3 Å². The normalized spacial score (nSPS) is 25.7. The number of benzene rings is 1. The fourth-order valence-corrected chi connectivity index (χ4v) is 3.67. The molecule has 1 amide bonds. The zero-order valence-electron chi connectivity index (χ0n) is 13.3. The van der Waals surface area contributed by atoms with E-state index in [0.717, 1.165) is 18.4 Å². The van der Waals surface area contributed by atoms with Crippen LogP contribution in [0.25, 0.3) is 0 Å². The van der Waals surface area contributed by atoms with E-state index in [4.69, 9.17) is 0 Å². The zero-order chi connectivity index (χ0) is 16.2. The molecule has 24 heavy (non-hydrogen) atoms. The van der Waals surface area contributed by atoms with Crippen LogP contribution in [0.4, 0.5) is 8.78 Å². The summed E-state index contributed by atoms with van der Waals surface area (Å²) in [5.74, 6) is 0.707. The molecule has 1 saturated heterocycles. The number of carbonyl (C=O) groups excluding carboxylic acids is 1. The lowest BCUT2D eigenvalue weighted by molar-refractivity contribution is -0.123. The van der Waals surface area contributed by atoms with Gasteiger partial charge in [-0.15, -0.1) is 12.4 Å². The Balaban J connectivity index is 0.00000208. The van der Waals surface area contributed by atoms with Crippen LogP contribution in [0.5, 0.6) is 5.75 Å². The highest BCUT2D eigenvalue weighted by Gasteiger charge is 2.37. The summed E-state index contributed by atoms with van der Waals surface area (Å²) in [6.07, 6.45) is 5.74. The maximum absolute atomic E-state index is 12.3.